The van der Waals surface area contributed by atoms with Crippen LogP contribution in [0.15, 0.2) is 12.3 Å². The molecule has 1 rings (SSSR count). The molecule has 17 heavy (non-hydrogen) atoms. The summed E-state index contributed by atoms with van der Waals surface area (Å²) >= 11 is 6.00. The molecule has 0 bridgehead atoms. The van der Waals surface area contributed by atoms with Gasteiger partial charge < -0.3 is 10.1 Å². The summed E-state index contributed by atoms with van der Waals surface area (Å²) in [5, 5.41) is 12.3. The van der Waals surface area contributed by atoms with Crippen molar-refractivity contribution in [3.63, 3.8) is 0 Å². The highest BCUT2D eigenvalue weighted by molar-refractivity contribution is 6.34. The highest BCUT2D eigenvalue weighted by atomic mass is 35.5. The van der Waals surface area contributed by atoms with Gasteiger partial charge in [-0.3, -0.25) is 0 Å². The Morgan fingerprint density at radius 1 is 1.47 bits per heavy atom. The van der Waals surface area contributed by atoms with Crippen molar-refractivity contribution in [2.75, 3.05) is 25.6 Å². The topological polar surface area (TPSA) is 57.9 Å². The molecule has 1 aromatic heterocycles. The van der Waals surface area contributed by atoms with Crippen molar-refractivity contribution in [1.29, 1.82) is 5.26 Å². The molecule has 4 nitrogen and oxygen atoms in total. The first-order valence-electron chi connectivity index (χ1n) is 5.57. The summed E-state index contributed by atoms with van der Waals surface area (Å²) in [5.41, 5.74) is 0.448. The maximum atomic E-state index is 8.81. The van der Waals surface area contributed by atoms with Gasteiger partial charge in [0.05, 0.1) is 5.56 Å². The summed E-state index contributed by atoms with van der Waals surface area (Å²) in [4.78, 5) is 4.10. The van der Waals surface area contributed by atoms with Crippen molar-refractivity contribution in [2.24, 2.45) is 0 Å². The number of rotatable bonds is 7. The highest BCUT2D eigenvalue weighted by Gasteiger charge is 2.05. The lowest BCUT2D eigenvalue weighted by Gasteiger charge is -2.07. The molecule has 1 N–H and O–H groups in total. The van der Waals surface area contributed by atoms with Gasteiger partial charge in [-0.1, -0.05) is 11.6 Å². The largest absolute Gasteiger partial charge is 0.385 e. The molecule has 5 heteroatoms. The number of halogens is 1. The van der Waals surface area contributed by atoms with Gasteiger partial charge in [0.25, 0.3) is 0 Å². The van der Waals surface area contributed by atoms with Crippen molar-refractivity contribution in [1.82, 2.24) is 4.98 Å². The Morgan fingerprint density at radius 2 is 2.29 bits per heavy atom. The van der Waals surface area contributed by atoms with Crippen LogP contribution < -0.4 is 5.32 Å². The van der Waals surface area contributed by atoms with Crippen LogP contribution in [0.1, 0.15) is 24.8 Å². The third-order valence-corrected chi connectivity index (χ3v) is 2.71. The number of pyridine rings is 1. The number of nitrogens with zero attached hydrogens (tertiary/aromatic N) is 2. The molecule has 0 saturated carbocycles. The minimum absolute atomic E-state index is 0.395. The summed E-state index contributed by atoms with van der Waals surface area (Å²) < 4.78 is 4.97. The molecule has 0 amide bonds. The molecule has 1 heterocycles. The monoisotopic (exact) mass is 253 g/mol. The lowest BCUT2D eigenvalue weighted by Crippen LogP contribution is -2.04. The minimum Gasteiger partial charge on any atom is -0.385 e. The van der Waals surface area contributed by atoms with E-state index in [0.29, 0.717) is 16.4 Å². The van der Waals surface area contributed by atoms with Crippen LogP contribution in [-0.4, -0.2) is 25.2 Å². The maximum absolute atomic E-state index is 8.81. The van der Waals surface area contributed by atoms with E-state index < -0.39 is 0 Å². The predicted molar refractivity (Wildman–Crippen MR) is 68.2 cm³/mol. The molecule has 0 aromatic carbocycles. The predicted octanol–water partition coefficient (Wildman–Crippen LogP) is 2.84. The molecule has 92 valence electrons. The Kier molecular flexibility index (Phi) is 6.38. The van der Waals surface area contributed by atoms with Crippen LogP contribution >= 0.6 is 11.6 Å². The number of hydrogen-bond acceptors (Lipinski definition) is 4. The van der Waals surface area contributed by atoms with Crippen LogP contribution in [0.2, 0.25) is 5.02 Å². The second kappa shape index (κ2) is 7.88. The molecule has 0 spiro atoms. The molecule has 0 aliphatic heterocycles. The summed E-state index contributed by atoms with van der Waals surface area (Å²) in [5.74, 6) is 0.581. The van der Waals surface area contributed by atoms with Gasteiger partial charge in [0, 0.05) is 26.5 Å². The van der Waals surface area contributed by atoms with E-state index in [-0.39, 0.29) is 0 Å². The average Bonchev–Trinajstić information content (AvgIpc) is 2.35. The zero-order valence-electron chi connectivity index (χ0n) is 9.87. The van der Waals surface area contributed by atoms with E-state index in [1.807, 2.05) is 6.07 Å². The summed E-state index contributed by atoms with van der Waals surface area (Å²) in [6.45, 7) is 1.59. The smallest absolute Gasteiger partial charge is 0.146 e. The molecular weight excluding hydrogens is 238 g/mol. The summed E-state index contributed by atoms with van der Waals surface area (Å²) in [7, 11) is 1.70. The number of anilines is 1. The molecule has 0 radical (unpaired) electrons. The Morgan fingerprint density at radius 3 is 3.00 bits per heavy atom. The first-order chi connectivity index (χ1) is 8.29. The molecule has 1 aromatic rings. The summed E-state index contributed by atoms with van der Waals surface area (Å²) in [6, 6.07) is 3.63. The Balaban J connectivity index is 2.35. The fourth-order valence-electron chi connectivity index (χ4n) is 1.41. The third kappa shape index (κ3) is 4.59. The van der Waals surface area contributed by atoms with E-state index in [9.17, 15) is 0 Å². The molecule has 0 atom stereocenters. The van der Waals surface area contributed by atoms with Gasteiger partial charge in [-0.15, -0.1) is 0 Å². The van der Waals surface area contributed by atoms with Crippen LogP contribution in [0.3, 0.4) is 0 Å². The van der Waals surface area contributed by atoms with Gasteiger partial charge in [0.2, 0.25) is 0 Å². The standard InChI is InChI=1S/C12H16ClN3O/c1-17-8-4-2-3-6-15-12-11(13)10(9-14)5-7-16-12/h5,7H,2-4,6,8H2,1H3,(H,15,16). The van der Waals surface area contributed by atoms with E-state index in [2.05, 4.69) is 10.3 Å². The van der Waals surface area contributed by atoms with Crippen LogP contribution in [0.25, 0.3) is 0 Å². The first kappa shape index (κ1) is 13.8. The van der Waals surface area contributed by atoms with E-state index in [0.717, 1.165) is 32.4 Å². The lowest BCUT2D eigenvalue weighted by molar-refractivity contribution is 0.192. The van der Waals surface area contributed by atoms with Gasteiger partial charge >= 0.3 is 0 Å². The zero-order chi connectivity index (χ0) is 12.5. The molecule has 0 unspecified atom stereocenters. The van der Waals surface area contributed by atoms with Crippen molar-refractivity contribution in [3.05, 3.63) is 22.8 Å². The van der Waals surface area contributed by atoms with E-state index in [1.165, 1.54) is 0 Å². The fraction of sp³-hybridized carbons (Fsp3) is 0.500. The number of nitriles is 1. The molecule has 0 fully saturated rings. The van der Waals surface area contributed by atoms with Crippen molar-refractivity contribution >= 4 is 17.4 Å². The van der Waals surface area contributed by atoms with Crippen molar-refractivity contribution in [2.45, 2.75) is 19.3 Å². The zero-order valence-corrected chi connectivity index (χ0v) is 10.6. The van der Waals surface area contributed by atoms with Gasteiger partial charge in [-0.2, -0.15) is 5.26 Å². The van der Waals surface area contributed by atoms with E-state index in [4.69, 9.17) is 21.6 Å². The minimum atomic E-state index is 0.395. The fourth-order valence-corrected chi connectivity index (χ4v) is 1.63. The van der Waals surface area contributed by atoms with Crippen LogP contribution in [0.4, 0.5) is 5.82 Å². The normalized spacial score (nSPS) is 9.94. The lowest BCUT2D eigenvalue weighted by atomic mass is 10.2. The first-order valence-corrected chi connectivity index (χ1v) is 5.94. The Hall–Kier alpha value is -1.31. The van der Waals surface area contributed by atoms with E-state index in [1.54, 1.807) is 19.4 Å². The number of nitrogens with one attached hydrogen (secondary N) is 1. The van der Waals surface area contributed by atoms with Crippen molar-refractivity contribution < 1.29 is 4.74 Å². The average molecular weight is 254 g/mol. The third-order valence-electron chi connectivity index (χ3n) is 2.33. The molecular formula is C12H16ClN3O. The van der Waals surface area contributed by atoms with E-state index >= 15 is 0 Å². The molecule has 0 aliphatic carbocycles. The van der Waals surface area contributed by atoms with Crippen LogP contribution in [-0.2, 0) is 4.74 Å². The van der Waals surface area contributed by atoms with Gasteiger partial charge in [-0.25, -0.2) is 4.98 Å². The maximum Gasteiger partial charge on any atom is 0.146 e. The van der Waals surface area contributed by atoms with Crippen LogP contribution in [0, 0.1) is 11.3 Å². The SMILES string of the molecule is COCCCCCNc1nccc(C#N)c1Cl. The van der Waals surface area contributed by atoms with Gasteiger partial charge in [0.1, 0.15) is 16.9 Å². The number of aromatic nitrogens is 1. The second-order valence-electron chi connectivity index (χ2n) is 3.61. The van der Waals surface area contributed by atoms with Crippen molar-refractivity contribution in [3.8, 4) is 6.07 Å². The number of methoxy groups -OCH3 is 1. The quantitative estimate of drug-likeness (QED) is 0.759. The number of ether oxygens (including phenoxy) is 1. The molecule has 0 aliphatic rings. The van der Waals surface area contributed by atoms with Gasteiger partial charge in [-0.05, 0) is 25.3 Å². The highest BCUT2D eigenvalue weighted by Crippen LogP contribution is 2.22. The number of unbranched alkanes of at least 4 members (excludes halogenated alkanes) is 2. The number of hydrogen-bond donors (Lipinski definition) is 1. The van der Waals surface area contributed by atoms with Gasteiger partial charge in [0.15, 0.2) is 0 Å². The second-order valence-corrected chi connectivity index (χ2v) is 3.99. The Bertz CT molecular complexity index is 390. The molecule has 0 saturated heterocycles. The summed E-state index contributed by atoms with van der Waals surface area (Å²) in [6.07, 6.45) is 4.75. The van der Waals surface area contributed by atoms with Crippen LogP contribution in [0.5, 0.6) is 0 Å². The Labute approximate surface area is 107 Å².